The Morgan fingerprint density at radius 1 is 0.860 bits per heavy atom. The molecule has 11 heteroatoms. The van der Waals surface area contributed by atoms with Crippen LogP contribution in [0, 0.1) is 0 Å². The first-order valence-electron chi connectivity index (χ1n) is 12.9. The van der Waals surface area contributed by atoms with Crippen LogP contribution in [0.15, 0.2) is 118 Å². The summed E-state index contributed by atoms with van der Waals surface area (Å²) in [6.45, 7) is 0. The average Bonchev–Trinajstić information content (AvgIpc) is 3.61. The molecule has 2 aromatic heterocycles. The summed E-state index contributed by atoms with van der Waals surface area (Å²) in [6.07, 6.45) is 1.18. The summed E-state index contributed by atoms with van der Waals surface area (Å²) in [5.74, 6) is -1.99. The fourth-order valence-electron chi connectivity index (χ4n) is 4.80. The molecule has 6 aromatic rings. The number of rotatable bonds is 7. The number of nitrogen functional groups attached to an aromatic ring is 1. The van der Waals surface area contributed by atoms with Crippen LogP contribution in [0.1, 0.15) is 15.9 Å². The van der Waals surface area contributed by atoms with E-state index in [0.717, 1.165) is 21.5 Å². The zero-order valence-electron chi connectivity index (χ0n) is 22.2. The molecule has 0 amide bonds. The maximum absolute atomic E-state index is 14.3. The van der Waals surface area contributed by atoms with Crippen molar-refractivity contribution < 1.29 is 23.4 Å². The Hall–Kier alpha value is -4.90. The SMILES string of the molecule is Nc1ccc(C(=O)c2c(O)c(O)n(-c3ncc(S(=O)(=O)c4ccccc4)s3)c2-c2cccc(Cl)c2)c(-c2ccccc2)c1. The lowest BCUT2D eigenvalue weighted by Crippen LogP contribution is -2.07. The first-order chi connectivity index (χ1) is 20.7. The Bertz CT molecular complexity index is 2110. The molecular weight excluding hydrogens is 606 g/mol. The van der Waals surface area contributed by atoms with Gasteiger partial charge in [-0.2, -0.15) is 0 Å². The molecule has 0 unspecified atom stereocenters. The summed E-state index contributed by atoms with van der Waals surface area (Å²) < 4.78 is 27.7. The number of carbonyl (C=O) groups is 1. The van der Waals surface area contributed by atoms with Gasteiger partial charge in [0.05, 0.1) is 22.3 Å². The summed E-state index contributed by atoms with van der Waals surface area (Å²) in [6, 6.07) is 28.4. The molecule has 8 nitrogen and oxygen atoms in total. The van der Waals surface area contributed by atoms with E-state index in [9.17, 15) is 23.4 Å². The molecular formula is C32H22ClN3O5S2. The van der Waals surface area contributed by atoms with Crippen LogP contribution in [0.2, 0.25) is 5.02 Å². The Kier molecular flexibility index (Phi) is 7.26. The lowest BCUT2D eigenvalue weighted by Gasteiger charge is -2.13. The van der Waals surface area contributed by atoms with E-state index in [2.05, 4.69) is 4.98 Å². The topological polar surface area (TPSA) is 136 Å². The van der Waals surface area contributed by atoms with Crippen molar-refractivity contribution in [3.05, 3.63) is 125 Å². The number of nitrogens with zero attached hydrogens (tertiary/aromatic N) is 2. The van der Waals surface area contributed by atoms with Crippen LogP contribution in [0.25, 0.3) is 27.5 Å². The Morgan fingerprint density at radius 2 is 1.53 bits per heavy atom. The third-order valence-electron chi connectivity index (χ3n) is 6.80. The molecule has 0 radical (unpaired) electrons. The molecule has 2 heterocycles. The predicted octanol–water partition coefficient (Wildman–Crippen LogP) is 6.98. The van der Waals surface area contributed by atoms with Crippen LogP contribution in [-0.2, 0) is 9.84 Å². The summed E-state index contributed by atoms with van der Waals surface area (Å²) in [5.41, 5.74) is 8.23. The molecule has 0 atom stereocenters. The number of thiazole rings is 1. The van der Waals surface area contributed by atoms with Gasteiger partial charge in [0.1, 0.15) is 4.21 Å². The number of hydrogen-bond acceptors (Lipinski definition) is 8. The van der Waals surface area contributed by atoms with Gasteiger partial charge < -0.3 is 15.9 Å². The van der Waals surface area contributed by atoms with E-state index >= 15 is 0 Å². The molecule has 0 bridgehead atoms. The van der Waals surface area contributed by atoms with E-state index in [-0.39, 0.29) is 31.1 Å². The van der Waals surface area contributed by atoms with Crippen molar-refractivity contribution in [2.45, 2.75) is 9.10 Å². The molecule has 0 saturated carbocycles. The minimum Gasteiger partial charge on any atom is -0.503 e. The van der Waals surface area contributed by atoms with Gasteiger partial charge in [-0.25, -0.2) is 13.4 Å². The summed E-state index contributed by atoms with van der Waals surface area (Å²) in [4.78, 5) is 18.7. The molecule has 0 aliphatic heterocycles. The van der Waals surface area contributed by atoms with Gasteiger partial charge >= 0.3 is 0 Å². The number of aromatic nitrogens is 2. The number of hydrogen-bond donors (Lipinski definition) is 3. The van der Waals surface area contributed by atoms with Gasteiger partial charge in [0, 0.05) is 21.8 Å². The normalized spacial score (nSPS) is 11.5. The third-order valence-corrected chi connectivity index (χ3v) is 10.2. The van der Waals surface area contributed by atoms with E-state index in [1.165, 1.54) is 18.3 Å². The first kappa shape index (κ1) is 28.2. The van der Waals surface area contributed by atoms with Crippen molar-refractivity contribution in [2.24, 2.45) is 0 Å². The molecule has 4 aromatic carbocycles. The highest BCUT2D eigenvalue weighted by Crippen LogP contribution is 2.46. The van der Waals surface area contributed by atoms with Gasteiger partial charge in [-0.1, -0.05) is 83.6 Å². The van der Waals surface area contributed by atoms with Crippen molar-refractivity contribution in [3.8, 4) is 39.1 Å². The van der Waals surface area contributed by atoms with Crippen molar-refractivity contribution in [2.75, 3.05) is 5.73 Å². The smallest absolute Gasteiger partial charge is 0.242 e. The maximum atomic E-state index is 14.3. The average molecular weight is 628 g/mol. The van der Waals surface area contributed by atoms with Crippen molar-refractivity contribution in [3.63, 3.8) is 0 Å². The summed E-state index contributed by atoms with van der Waals surface area (Å²) in [7, 11) is -3.93. The van der Waals surface area contributed by atoms with Crippen LogP contribution in [-0.4, -0.2) is 34.0 Å². The highest BCUT2D eigenvalue weighted by Gasteiger charge is 2.33. The fraction of sp³-hybridized carbons (Fsp3) is 0. The van der Waals surface area contributed by atoms with Crippen molar-refractivity contribution >= 4 is 44.2 Å². The van der Waals surface area contributed by atoms with Crippen LogP contribution < -0.4 is 5.73 Å². The summed E-state index contributed by atoms with van der Waals surface area (Å²) >= 11 is 7.10. The van der Waals surface area contributed by atoms with Gasteiger partial charge in [-0.05, 0) is 53.6 Å². The van der Waals surface area contributed by atoms with Gasteiger partial charge in [-0.15, -0.1) is 0 Å². The molecule has 43 heavy (non-hydrogen) atoms. The van der Waals surface area contributed by atoms with E-state index in [1.807, 2.05) is 30.3 Å². The molecule has 214 valence electrons. The second kappa shape index (κ2) is 11.1. The van der Waals surface area contributed by atoms with Crippen LogP contribution in [0.3, 0.4) is 0 Å². The lowest BCUT2D eigenvalue weighted by molar-refractivity contribution is 0.103. The van der Waals surface area contributed by atoms with Crippen molar-refractivity contribution in [1.29, 1.82) is 0 Å². The zero-order chi connectivity index (χ0) is 30.3. The van der Waals surface area contributed by atoms with Crippen LogP contribution >= 0.6 is 22.9 Å². The highest BCUT2D eigenvalue weighted by molar-refractivity contribution is 7.93. The Balaban J connectivity index is 1.58. The van der Waals surface area contributed by atoms with Crippen LogP contribution in [0.4, 0.5) is 5.69 Å². The van der Waals surface area contributed by atoms with Gasteiger partial charge in [0.25, 0.3) is 0 Å². The fourth-order valence-corrected chi connectivity index (χ4v) is 7.54. The number of nitrogens with two attached hydrogens (primary N) is 1. The van der Waals surface area contributed by atoms with E-state index in [0.29, 0.717) is 21.8 Å². The second-order valence-corrected chi connectivity index (χ2v) is 13.1. The largest absolute Gasteiger partial charge is 0.503 e. The molecule has 0 aliphatic rings. The minimum atomic E-state index is -3.93. The highest BCUT2D eigenvalue weighted by atomic mass is 35.5. The molecule has 0 spiro atoms. The lowest BCUT2D eigenvalue weighted by atomic mass is 9.92. The Labute approximate surface area is 255 Å². The number of carbonyl (C=O) groups excluding carboxylic acids is 1. The van der Waals surface area contributed by atoms with Gasteiger partial charge in [0.15, 0.2) is 16.7 Å². The molecule has 4 N–H and O–H groups in total. The standard InChI is InChI=1S/C32H22ClN3O5S2/c33-21-11-7-10-20(16-21)28-27(29(37)24-15-14-22(34)17-25(24)19-8-3-1-4-9-19)30(38)31(39)36(28)32-35-18-26(42-32)43(40,41)23-12-5-2-6-13-23/h1-18,38-39H,34H2. The van der Waals surface area contributed by atoms with E-state index < -0.39 is 27.2 Å². The predicted molar refractivity (Wildman–Crippen MR) is 167 cm³/mol. The number of anilines is 1. The van der Waals surface area contributed by atoms with Gasteiger partial charge in [-0.3, -0.25) is 9.36 Å². The second-order valence-electron chi connectivity index (χ2n) is 9.52. The van der Waals surface area contributed by atoms with E-state index in [4.69, 9.17) is 17.3 Å². The maximum Gasteiger partial charge on any atom is 0.242 e. The number of halogens is 1. The van der Waals surface area contributed by atoms with Crippen molar-refractivity contribution in [1.82, 2.24) is 9.55 Å². The quantitative estimate of drug-likeness (QED) is 0.128. The molecule has 0 saturated heterocycles. The molecule has 0 fully saturated rings. The number of aromatic hydroxyl groups is 2. The number of ketones is 1. The van der Waals surface area contributed by atoms with Gasteiger partial charge in [0.2, 0.25) is 15.7 Å². The van der Waals surface area contributed by atoms with Crippen LogP contribution in [0.5, 0.6) is 11.6 Å². The first-order valence-corrected chi connectivity index (χ1v) is 15.5. The zero-order valence-corrected chi connectivity index (χ0v) is 24.6. The molecule has 0 aliphatic carbocycles. The monoisotopic (exact) mass is 627 g/mol. The minimum absolute atomic E-state index is 0.0110. The Morgan fingerprint density at radius 3 is 2.23 bits per heavy atom. The molecule has 6 rings (SSSR count). The number of sulfone groups is 1. The number of benzene rings is 4. The third kappa shape index (κ3) is 5.05. The van der Waals surface area contributed by atoms with E-state index in [1.54, 1.807) is 60.7 Å². The summed E-state index contributed by atoms with van der Waals surface area (Å²) in [5, 5.41) is 22.9.